The second-order valence-electron chi connectivity index (χ2n) is 29.4. The lowest BCUT2D eigenvalue weighted by atomic mass is 9.45. The fraction of sp³-hybridized carbons (Fsp3) is 0.190. The van der Waals surface area contributed by atoms with E-state index in [2.05, 4.69) is 328 Å². The molecule has 2 aliphatic rings. The van der Waals surface area contributed by atoms with E-state index in [1.54, 1.807) is 0 Å². The Bertz CT molecular complexity index is 5150. The maximum atomic E-state index is 7.70. The largest absolute Gasteiger partial charge is 0.466 e. The number of rotatable bonds is 7. The summed E-state index contributed by atoms with van der Waals surface area (Å²) in [6.07, 6.45) is 0. The summed E-state index contributed by atoms with van der Waals surface area (Å²) in [6.45, 7) is 27.1. The average molecular weight is 1200 g/mol. The van der Waals surface area contributed by atoms with Crippen LogP contribution in [0.4, 0.5) is 45.5 Å². The summed E-state index contributed by atoms with van der Waals surface area (Å²) < 4.78 is 17.5. The summed E-state index contributed by atoms with van der Waals surface area (Å²) in [6, 6.07) is 86.4. The zero-order valence-electron chi connectivity index (χ0n) is 54.1. The number of hydrogen-bond donors (Lipinski definition) is 0. The van der Waals surface area contributed by atoms with E-state index < -0.39 is 6.85 Å². The van der Waals surface area contributed by atoms with Gasteiger partial charge in [-0.05, 0) is 169 Å². The zero-order chi connectivity index (χ0) is 62.6. The summed E-state index contributed by atoms with van der Waals surface area (Å²) in [5, 5.41) is 5.60. The predicted octanol–water partition coefficient (Wildman–Crippen LogP) is 23.4. The Morgan fingerprint density at radius 2 is 0.934 bits per heavy atom. The highest BCUT2D eigenvalue weighted by molar-refractivity contribution is 7.26. The number of nitrogens with zero attached hydrogens (tertiary/aromatic N) is 3. The van der Waals surface area contributed by atoms with Crippen LogP contribution in [0.25, 0.3) is 86.5 Å². The first-order chi connectivity index (χ1) is 43.6. The van der Waals surface area contributed by atoms with E-state index in [0.29, 0.717) is 0 Å². The number of anilines is 8. The predicted molar refractivity (Wildman–Crippen MR) is 390 cm³/mol. The average Bonchev–Trinajstić information content (AvgIpc) is 1.66. The van der Waals surface area contributed by atoms with Crippen molar-refractivity contribution in [3.8, 4) is 33.4 Å². The maximum absolute atomic E-state index is 7.70. The molecule has 0 bridgehead atoms. The van der Waals surface area contributed by atoms with Crippen LogP contribution < -0.4 is 25.7 Å². The van der Waals surface area contributed by atoms with E-state index >= 15 is 0 Å². The molecule has 446 valence electrons. The molecule has 91 heavy (non-hydrogen) atoms. The molecule has 0 radical (unpaired) electrons. The van der Waals surface area contributed by atoms with Crippen molar-refractivity contribution >= 4 is 128 Å². The first-order valence-electron chi connectivity index (χ1n) is 32.2. The van der Waals surface area contributed by atoms with Crippen molar-refractivity contribution in [2.75, 3.05) is 14.6 Å². The Kier molecular flexibility index (Phi) is 12.8. The smallest absolute Gasteiger partial charge is 0.376 e. The molecule has 0 fully saturated rings. The topological polar surface area (TPSA) is 36.0 Å². The van der Waals surface area contributed by atoms with Gasteiger partial charge in [-0.2, -0.15) is 0 Å². The van der Waals surface area contributed by atoms with E-state index in [1.807, 2.05) is 11.3 Å². The molecule has 3 aromatic heterocycles. The van der Waals surface area contributed by atoms with Gasteiger partial charge in [0.25, 0.3) is 0 Å². The van der Waals surface area contributed by atoms with E-state index in [4.69, 9.17) is 8.83 Å². The summed E-state index contributed by atoms with van der Waals surface area (Å²) in [7, 11) is 0. The van der Waals surface area contributed by atoms with Gasteiger partial charge >= 0.3 is 6.85 Å². The van der Waals surface area contributed by atoms with Gasteiger partial charge < -0.3 is 23.4 Å². The van der Waals surface area contributed by atoms with Crippen molar-refractivity contribution in [2.45, 2.75) is 105 Å². The highest BCUT2D eigenvalue weighted by Crippen LogP contribution is 2.56. The SMILES string of the molecule is CC(C)(C)c1ccc(N2B3c4oc5ccc(-c6ccccc6)cc5c4N(c4ccc(C(C)(C)C)cc4-c4ccccc4)c4cc5c(oc6ccccc65)c(c43)-c3cc4c(cc32)sc2ccc(N(c3ccc(C(C)(C)C)cc3)c3ccc(C(C)(C)C)cc3)cc24)cc1. The van der Waals surface area contributed by atoms with Gasteiger partial charge in [0.15, 0.2) is 0 Å². The molecule has 5 heterocycles. The minimum atomic E-state index is -0.426. The minimum absolute atomic E-state index is 0.0187. The van der Waals surface area contributed by atoms with Gasteiger partial charge in [0, 0.05) is 87.1 Å². The molecule has 0 N–H and O–H groups in total. The van der Waals surface area contributed by atoms with Crippen LogP contribution in [0.2, 0.25) is 0 Å². The van der Waals surface area contributed by atoms with E-state index in [-0.39, 0.29) is 21.7 Å². The number of fused-ring (bicyclic) bond motifs is 13. The van der Waals surface area contributed by atoms with Gasteiger partial charge in [-0.3, -0.25) is 0 Å². The molecule has 0 atom stereocenters. The summed E-state index contributed by atoms with van der Waals surface area (Å²) in [4.78, 5) is 7.59. The molecule has 5 nitrogen and oxygen atoms in total. The summed E-state index contributed by atoms with van der Waals surface area (Å²) in [5.41, 5.74) is 25.1. The molecule has 0 saturated carbocycles. The number of thiophene rings is 1. The van der Waals surface area contributed by atoms with Crippen LogP contribution in [0.3, 0.4) is 0 Å². The summed E-state index contributed by atoms with van der Waals surface area (Å²) >= 11 is 1.86. The van der Waals surface area contributed by atoms with Crippen molar-refractivity contribution in [2.24, 2.45) is 0 Å². The Labute approximate surface area is 538 Å². The molecule has 2 aliphatic heterocycles. The van der Waals surface area contributed by atoms with Crippen molar-refractivity contribution in [1.82, 2.24) is 0 Å². The van der Waals surface area contributed by atoms with E-state index in [0.717, 1.165) is 123 Å². The van der Waals surface area contributed by atoms with Gasteiger partial charge in [0.2, 0.25) is 0 Å². The summed E-state index contributed by atoms with van der Waals surface area (Å²) in [5.74, 6) is 0. The van der Waals surface area contributed by atoms with E-state index in [1.165, 1.54) is 42.4 Å². The standard InChI is InChI=1S/C84H74BN3O2S/c1-81(2,3)54-28-35-58(36-29-54)86(59-37-30-55(31-38-59)82(4,5)6)61-41-44-74-64(47-61)65-48-67-70(50-75(65)91-74)88(60-39-32-56(33-40-60)83(7,8)9)85-77-71(49-66-62-25-19-20-26-72(62)89-79(66)76(67)77)87(69-42-34-57(84(10,11)12)46-63(69)52-23-17-14-18-24-52)78-68-45-53(51-21-15-13-16-22-51)27-43-73(68)90-80(78)85/h13-50H,1-12H3. The highest BCUT2D eigenvalue weighted by Gasteiger charge is 2.50. The van der Waals surface area contributed by atoms with Crippen molar-refractivity contribution in [1.29, 1.82) is 0 Å². The van der Waals surface area contributed by atoms with Crippen LogP contribution in [0.5, 0.6) is 0 Å². The minimum Gasteiger partial charge on any atom is -0.466 e. The van der Waals surface area contributed by atoms with Crippen molar-refractivity contribution in [3.05, 3.63) is 253 Å². The molecular formula is C84H74BN3O2S. The Morgan fingerprint density at radius 1 is 0.374 bits per heavy atom. The number of benzene rings is 11. The molecule has 7 heteroatoms. The third-order valence-corrected chi connectivity index (χ3v) is 20.4. The zero-order valence-corrected chi connectivity index (χ0v) is 54.9. The highest BCUT2D eigenvalue weighted by atomic mass is 32.1. The van der Waals surface area contributed by atoms with Gasteiger partial charge in [-0.1, -0.05) is 210 Å². The van der Waals surface area contributed by atoms with Crippen LogP contribution in [-0.2, 0) is 21.7 Å². The molecular weight excluding hydrogens is 1130 g/mol. The lowest BCUT2D eigenvalue weighted by Crippen LogP contribution is -2.61. The molecule has 0 saturated heterocycles. The molecule has 0 amide bonds. The molecule has 0 unspecified atom stereocenters. The van der Waals surface area contributed by atoms with Gasteiger partial charge in [-0.25, -0.2) is 0 Å². The fourth-order valence-corrected chi connectivity index (χ4v) is 15.4. The molecule has 11 aromatic carbocycles. The van der Waals surface area contributed by atoms with E-state index in [9.17, 15) is 0 Å². The van der Waals surface area contributed by atoms with Crippen LogP contribution in [0, 0.1) is 0 Å². The normalized spacial score (nSPS) is 13.4. The number of furan rings is 2. The molecule has 16 rings (SSSR count). The van der Waals surface area contributed by atoms with Crippen LogP contribution in [-0.4, -0.2) is 6.85 Å². The monoisotopic (exact) mass is 1200 g/mol. The maximum Gasteiger partial charge on any atom is 0.376 e. The first kappa shape index (κ1) is 56.7. The van der Waals surface area contributed by atoms with Gasteiger partial charge in [-0.15, -0.1) is 11.3 Å². The van der Waals surface area contributed by atoms with Gasteiger partial charge in [0.05, 0.1) is 11.4 Å². The Morgan fingerprint density at radius 3 is 1.57 bits per heavy atom. The second-order valence-corrected chi connectivity index (χ2v) is 30.5. The molecule has 0 aliphatic carbocycles. The lowest BCUT2D eigenvalue weighted by Gasteiger charge is -2.44. The van der Waals surface area contributed by atoms with Crippen molar-refractivity contribution in [3.63, 3.8) is 0 Å². The number of para-hydroxylation sites is 1. The first-order valence-corrected chi connectivity index (χ1v) is 33.0. The lowest BCUT2D eigenvalue weighted by molar-refractivity contribution is 0.590. The second kappa shape index (κ2) is 20.5. The fourth-order valence-electron chi connectivity index (χ4n) is 14.3. The van der Waals surface area contributed by atoms with Crippen molar-refractivity contribution < 1.29 is 8.83 Å². The Hall–Kier alpha value is -9.56. The Balaban J connectivity index is 1.01. The van der Waals surface area contributed by atoms with Crippen LogP contribution in [0.15, 0.2) is 239 Å². The van der Waals surface area contributed by atoms with Crippen LogP contribution in [0.1, 0.15) is 105 Å². The third kappa shape index (κ3) is 9.32. The molecule has 14 aromatic rings. The quantitative estimate of drug-likeness (QED) is 0.149. The van der Waals surface area contributed by atoms with Gasteiger partial charge in [0.1, 0.15) is 22.4 Å². The van der Waals surface area contributed by atoms with Crippen LogP contribution >= 0.6 is 11.3 Å². The third-order valence-electron chi connectivity index (χ3n) is 19.3. The number of hydrogen-bond acceptors (Lipinski definition) is 6. The molecule has 0 spiro atoms.